The summed E-state index contributed by atoms with van der Waals surface area (Å²) in [6.45, 7) is -0.531. The summed E-state index contributed by atoms with van der Waals surface area (Å²) in [5, 5.41) is 26.9. The van der Waals surface area contributed by atoms with Gasteiger partial charge in [-0.05, 0) is 0 Å². The Kier molecular flexibility index (Phi) is 4.51. The molecule has 0 fully saturated rings. The van der Waals surface area contributed by atoms with Crippen LogP contribution in [0.25, 0.3) is 0 Å². The molecule has 1 rings (SSSR count). The van der Waals surface area contributed by atoms with Crippen LogP contribution in [-0.2, 0) is 0 Å². The fraction of sp³-hybridized carbons (Fsp3) is 0.444. The Balaban J connectivity index is 2.49. The third-order valence-corrected chi connectivity index (χ3v) is 3.73. The molecule has 14 heavy (non-hydrogen) atoms. The predicted octanol–water partition coefficient (Wildman–Crippen LogP) is -0.970. The summed E-state index contributed by atoms with van der Waals surface area (Å²) < 4.78 is 0.696. The maximum absolute atomic E-state index is 11.4. The van der Waals surface area contributed by atoms with Crippen LogP contribution >= 0.6 is 0 Å². The SMILES string of the molecule is O=C(C[C@H](O)[C@H](O)CO)c1ccc[se]1. The summed E-state index contributed by atoms with van der Waals surface area (Å²) in [6.07, 6.45) is -2.54. The second kappa shape index (κ2) is 5.44. The van der Waals surface area contributed by atoms with Crippen molar-refractivity contribution in [2.75, 3.05) is 6.61 Å². The number of rotatable bonds is 5. The van der Waals surface area contributed by atoms with Crippen LogP contribution in [0.15, 0.2) is 17.1 Å². The molecular formula is C9H12O4Se. The molecule has 0 aliphatic rings. The monoisotopic (exact) mass is 264 g/mol. The summed E-state index contributed by atoms with van der Waals surface area (Å²) in [6, 6.07) is 3.53. The molecule has 0 radical (unpaired) electrons. The molecule has 1 aromatic heterocycles. The van der Waals surface area contributed by atoms with Crippen molar-refractivity contribution in [3.05, 3.63) is 21.5 Å². The molecule has 0 spiro atoms. The molecule has 0 saturated carbocycles. The van der Waals surface area contributed by atoms with Crippen molar-refractivity contribution in [1.29, 1.82) is 0 Å². The number of Topliss-reactive ketones (excluding diaryl/α,β-unsaturated/α-hetero) is 1. The van der Waals surface area contributed by atoms with Gasteiger partial charge in [-0.2, -0.15) is 0 Å². The van der Waals surface area contributed by atoms with Crippen LogP contribution in [0.1, 0.15) is 15.7 Å². The average molecular weight is 263 g/mol. The molecular weight excluding hydrogens is 251 g/mol. The minimum absolute atomic E-state index is 0.0565. The van der Waals surface area contributed by atoms with E-state index in [0.717, 1.165) is 0 Å². The van der Waals surface area contributed by atoms with Crippen molar-refractivity contribution in [2.45, 2.75) is 18.6 Å². The number of hydrogen-bond acceptors (Lipinski definition) is 4. The van der Waals surface area contributed by atoms with Crippen LogP contribution in [0.5, 0.6) is 0 Å². The molecule has 3 N–H and O–H groups in total. The molecule has 1 aromatic rings. The first-order valence-corrected chi connectivity index (χ1v) is 6.03. The molecule has 2 atom stereocenters. The van der Waals surface area contributed by atoms with E-state index in [1.165, 1.54) is 0 Å². The van der Waals surface area contributed by atoms with E-state index in [1.807, 2.05) is 11.0 Å². The molecule has 0 saturated heterocycles. The summed E-state index contributed by atoms with van der Waals surface area (Å²) in [5.41, 5.74) is 0. The van der Waals surface area contributed by atoms with Crippen LogP contribution in [0.4, 0.5) is 0 Å². The molecule has 0 aliphatic carbocycles. The number of hydrogen-bond donors (Lipinski definition) is 3. The second-order valence-corrected chi connectivity index (χ2v) is 4.91. The molecule has 0 unspecified atom stereocenters. The number of aliphatic hydroxyl groups excluding tert-OH is 3. The Morgan fingerprint density at radius 2 is 2.14 bits per heavy atom. The summed E-state index contributed by atoms with van der Waals surface area (Å²) in [7, 11) is 0. The summed E-state index contributed by atoms with van der Waals surface area (Å²) >= 11 is 0.0565. The number of aliphatic hydroxyl groups is 3. The van der Waals surface area contributed by atoms with Gasteiger partial charge in [0.05, 0.1) is 0 Å². The van der Waals surface area contributed by atoms with Crippen LogP contribution in [0.2, 0.25) is 0 Å². The van der Waals surface area contributed by atoms with Gasteiger partial charge in [0.15, 0.2) is 0 Å². The molecule has 0 bridgehead atoms. The van der Waals surface area contributed by atoms with Crippen molar-refractivity contribution in [3.8, 4) is 0 Å². The van der Waals surface area contributed by atoms with E-state index in [1.54, 1.807) is 6.07 Å². The zero-order valence-corrected chi connectivity index (χ0v) is 9.17. The van der Waals surface area contributed by atoms with Gasteiger partial charge in [0.25, 0.3) is 0 Å². The first kappa shape index (κ1) is 11.6. The van der Waals surface area contributed by atoms with Gasteiger partial charge in [-0.3, -0.25) is 0 Å². The zero-order valence-electron chi connectivity index (χ0n) is 7.46. The van der Waals surface area contributed by atoms with Crippen molar-refractivity contribution in [2.24, 2.45) is 0 Å². The van der Waals surface area contributed by atoms with E-state index >= 15 is 0 Å². The third kappa shape index (κ3) is 3.04. The topological polar surface area (TPSA) is 77.8 Å². The molecule has 0 aromatic carbocycles. The molecule has 0 aliphatic heterocycles. The quantitative estimate of drug-likeness (QED) is 0.472. The summed E-state index contributed by atoms with van der Waals surface area (Å²) in [5.74, 6) is -0.157. The van der Waals surface area contributed by atoms with Crippen LogP contribution in [0, 0.1) is 0 Å². The van der Waals surface area contributed by atoms with Gasteiger partial charge < -0.3 is 0 Å². The van der Waals surface area contributed by atoms with Crippen molar-refractivity contribution < 1.29 is 20.1 Å². The average Bonchev–Trinajstić information content (AvgIpc) is 2.69. The number of carbonyl (C=O) groups is 1. The molecule has 4 nitrogen and oxygen atoms in total. The van der Waals surface area contributed by atoms with Gasteiger partial charge in [-0.25, -0.2) is 0 Å². The Bertz CT molecular complexity index is 283. The molecule has 78 valence electrons. The fourth-order valence-corrected chi connectivity index (χ4v) is 2.40. The van der Waals surface area contributed by atoms with Gasteiger partial charge in [0, 0.05) is 0 Å². The van der Waals surface area contributed by atoms with Crippen molar-refractivity contribution >= 4 is 20.3 Å². The van der Waals surface area contributed by atoms with Crippen molar-refractivity contribution in [1.82, 2.24) is 0 Å². The second-order valence-electron chi connectivity index (χ2n) is 2.92. The fourth-order valence-electron chi connectivity index (χ4n) is 0.985. The first-order chi connectivity index (χ1) is 6.65. The minimum atomic E-state index is -1.23. The van der Waals surface area contributed by atoms with E-state index in [4.69, 9.17) is 10.2 Å². The summed E-state index contributed by atoms with van der Waals surface area (Å²) in [4.78, 5) is 13.3. The van der Waals surface area contributed by atoms with Crippen LogP contribution < -0.4 is 0 Å². The van der Waals surface area contributed by atoms with E-state index in [2.05, 4.69) is 0 Å². The van der Waals surface area contributed by atoms with E-state index in [9.17, 15) is 9.90 Å². The predicted molar refractivity (Wildman–Crippen MR) is 51.4 cm³/mol. The van der Waals surface area contributed by atoms with Gasteiger partial charge in [-0.1, -0.05) is 0 Å². The van der Waals surface area contributed by atoms with Gasteiger partial charge in [0.1, 0.15) is 0 Å². The number of carbonyl (C=O) groups excluding carboxylic acids is 1. The molecule has 0 amide bonds. The third-order valence-electron chi connectivity index (χ3n) is 1.82. The van der Waals surface area contributed by atoms with Gasteiger partial charge in [-0.15, -0.1) is 0 Å². The van der Waals surface area contributed by atoms with E-state index in [0.29, 0.717) is 4.44 Å². The normalized spacial score (nSPS) is 15.1. The molecule has 5 heteroatoms. The van der Waals surface area contributed by atoms with Gasteiger partial charge in [0.2, 0.25) is 0 Å². The van der Waals surface area contributed by atoms with E-state index < -0.39 is 18.8 Å². The van der Waals surface area contributed by atoms with Gasteiger partial charge >= 0.3 is 87.1 Å². The zero-order chi connectivity index (χ0) is 10.6. The Labute approximate surface area is 87.6 Å². The van der Waals surface area contributed by atoms with Crippen LogP contribution in [0.3, 0.4) is 0 Å². The van der Waals surface area contributed by atoms with E-state index in [-0.39, 0.29) is 26.7 Å². The molecule has 1 heterocycles. The Hall–Kier alpha value is -0.451. The van der Waals surface area contributed by atoms with Crippen molar-refractivity contribution in [3.63, 3.8) is 0 Å². The standard InChI is InChI=1S/C9H12O4Se/c10-5-8(13)6(11)4-7(12)9-2-1-3-14-9/h1-3,6,8,10-11,13H,4-5H2/t6-,8+/m0/s1. The maximum atomic E-state index is 11.4. The first-order valence-electron chi connectivity index (χ1n) is 4.19. The number of ketones is 1. The Morgan fingerprint density at radius 1 is 1.43 bits per heavy atom. The Morgan fingerprint density at radius 3 is 2.64 bits per heavy atom. The van der Waals surface area contributed by atoms with Crippen LogP contribution in [-0.4, -0.2) is 54.4 Å².